The van der Waals surface area contributed by atoms with Crippen molar-refractivity contribution >= 4 is 44.1 Å². The molecule has 0 spiro atoms. The highest BCUT2D eigenvalue weighted by molar-refractivity contribution is 14.1. The number of hydrogen-bond donors (Lipinski definition) is 0. The van der Waals surface area contributed by atoms with Gasteiger partial charge in [-0.1, -0.05) is 71.1 Å². The SMILES string of the molecule is ICc1cc2ccccc2c2ccccc12. The van der Waals surface area contributed by atoms with Crippen LogP contribution in [0.4, 0.5) is 0 Å². The summed E-state index contributed by atoms with van der Waals surface area (Å²) in [7, 11) is 0. The number of fused-ring (bicyclic) bond motifs is 3. The van der Waals surface area contributed by atoms with Crippen LogP contribution >= 0.6 is 22.6 Å². The topological polar surface area (TPSA) is 0 Å². The summed E-state index contributed by atoms with van der Waals surface area (Å²) in [5, 5.41) is 5.45. The van der Waals surface area contributed by atoms with E-state index >= 15 is 0 Å². The Morgan fingerprint density at radius 2 is 1.38 bits per heavy atom. The third-order valence-corrected chi connectivity index (χ3v) is 3.82. The lowest BCUT2D eigenvalue weighted by atomic mass is 9.98. The molecule has 0 aromatic heterocycles. The maximum atomic E-state index is 2.43. The van der Waals surface area contributed by atoms with Crippen LogP contribution in [0, 0.1) is 0 Å². The standard InChI is InChI=1S/C15H11I/c16-10-12-9-11-5-1-2-6-13(11)15-8-4-3-7-14(12)15/h1-9H,10H2. The summed E-state index contributed by atoms with van der Waals surface area (Å²) in [6.07, 6.45) is 0. The van der Waals surface area contributed by atoms with Gasteiger partial charge in [0.25, 0.3) is 0 Å². The van der Waals surface area contributed by atoms with Crippen molar-refractivity contribution in [3.8, 4) is 0 Å². The third kappa shape index (κ3) is 1.50. The Hall–Kier alpha value is -1.09. The summed E-state index contributed by atoms with van der Waals surface area (Å²) < 4.78 is 1.06. The van der Waals surface area contributed by atoms with Crippen molar-refractivity contribution in [2.75, 3.05) is 0 Å². The molecule has 0 unspecified atom stereocenters. The van der Waals surface area contributed by atoms with Gasteiger partial charge in [-0.2, -0.15) is 0 Å². The Balaban J connectivity index is 2.57. The molecular weight excluding hydrogens is 307 g/mol. The Labute approximate surface area is 108 Å². The fourth-order valence-corrected chi connectivity index (χ4v) is 2.87. The summed E-state index contributed by atoms with van der Waals surface area (Å²) in [5.41, 5.74) is 1.43. The lowest BCUT2D eigenvalue weighted by Gasteiger charge is -2.08. The zero-order valence-electron chi connectivity index (χ0n) is 8.78. The average Bonchev–Trinajstić information content (AvgIpc) is 2.38. The van der Waals surface area contributed by atoms with Gasteiger partial charge in [0.2, 0.25) is 0 Å². The van der Waals surface area contributed by atoms with Gasteiger partial charge in [0.05, 0.1) is 0 Å². The minimum Gasteiger partial charge on any atom is -0.0812 e. The van der Waals surface area contributed by atoms with Crippen molar-refractivity contribution in [3.63, 3.8) is 0 Å². The van der Waals surface area contributed by atoms with Crippen LogP contribution in [-0.4, -0.2) is 0 Å². The summed E-state index contributed by atoms with van der Waals surface area (Å²) >= 11 is 2.43. The molecule has 3 rings (SSSR count). The van der Waals surface area contributed by atoms with E-state index in [4.69, 9.17) is 0 Å². The number of halogens is 1. The van der Waals surface area contributed by atoms with E-state index in [9.17, 15) is 0 Å². The molecule has 0 aliphatic carbocycles. The van der Waals surface area contributed by atoms with Crippen LogP contribution in [0.2, 0.25) is 0 Å². The van der Waals surface area contributed by atoms with Gasteiger partial charge in [-0.05, 0) is 33.2 Å². The first-order valence-corrected chi connectivity index (χ1v) is 6.88. The molecule has 0 aliphatic heterocycles. The first kappa shape index (κ1) is 10.1. The largest absolute Gasteiger partial charge is 0.0812 e. The van der Waals surface area contributed by atoms with Crippen LogP contribution in [0.3, 0.4) is 0 Å². The molecule has 3 aromatic carbocycles. The minimum absolute atomic E-state index is 1.06. The minimum atomic E-state index is 1.06. The van der Waals surface area contributed by atoms with Crippen molar-refractivity contribution in [3.05, 3.63) is 60.2 Å². The number of alkyl halides is 1. The summed E-state index contributed by atoms with van der Waals surface area (Å²) in [6.45, 7) is 0. The molecule has 1 heteroatoms. The van der Waals surface area contributed by atoms with E-state index in [1.165, 1.54) is 27.1 Å². The maximum Gasteiger partial charge on any atom is 0.0253 e. The van der Waals surface area contributed by atoms with Gasteiger partial charge in [-0.25, -0.2) is 0 Å². The van der Waals surface area contributed by atoms with Gasteiger partial charge in [0.1, 0.15) is 0 Å². The molecule has 0 atom stereocenters. The molecule has 0 saturated carbocycles. The molecule has 0 N–H and O–H groups in total. The first-order chi connectivity index (χ1) is 7.90. The molecule has 0 saturated heterocycles. The summed E-state index contributed by atoms with van der Waals surface area (Å²) in [5.74, 6) is 0. The second-order valence-corrected chi connectivity index (χ2v) is 4.70. The van der Waals surface area contributed by atoms with Crippen LogP contribution in [0.1, 0.15) is 5.56 Å². The highest BCUT2D eigenvalue weighted by Crippen LogP contribution is 2.29. The number of rotatable bonds is 1. The molecule has 0 heterocycles. The average molecular weight is 318 g/mol. The smallest absolute Gasteiger partial charge is 0.0253 e. The van der Waals surface area contributed by atoms with Gasteiger partial charge in [0.15, 0.2) is 0 Å². The summed E-state index contributed by atoms with van der Waals surface area (Å²) in [6, 6.07) is 19.6. The van der Waals surface area contributed by atoms with Crippen LogP contribution in [0.5, 0.6) is 0 Å². The molecular formula is C15H11I. The Morgan fingerprint density at radius 3 is 2.12 bits per heavy atom. The van der Waals surface area contributed by atoms with Crippen molar-refractivity contribution < 1.29 is 0 Å². The fraction of sp³-hybridized carbons (Fsp3) is 0.0667. The number of hydrogen-bond acceptors (Lipinski definition) is 0. The molecule has 0 nitrogen and oxygen atoms in total. The lowest BCUT2D eigenvalue weighted by molar-refractivity contribution is 1.53. The van der Waals surface area contributed by atoms with Crippen LogP contribution in [0.15, 0.2) is 54.6 Å². The van der Waals surface area contributed by atoms with E-state index in [1.807, 2.05) is 0 Å². The Bertz CT molecular complexity index is 656. The highest BCUT2D eigenvalue weighted by atomic mass is 127. The second kappa shape index (κ2) is 4.06. The Kier molecular flexibility index (Phi) is 2.56. The van der Waals surface area contributed by atoms with Crippen molar-refractivity contribution in [1.82, 2.24) is 0 Å². The second-order valence-electron chi connectivity index (χ2n) is 3.94. The van der Waals surface area contributed by atoms with E-state index in [0.717, 1.165) is 4.43 Å². The molecule has 0 radical (unpaired) electrons. The summed E-state index contributed by atoms with van der Waals surface area (Å²) in [4.78, 5) is 0. The van der Waals surface area contributed by atoms with E-state index in [-0.39, 0.29) is 0 Å². The highest BCUT2D eigenvalue weighted by Gasteiger charge is 2.04. The normalized spacial score (nSPS) is 11.1. The predicted molar refractivity (Wildman–Crippen MR) is 79.2 cm³/mol. The number of benzene rings is 3. The van der Waals surface area contributed by atoms with E-state index in [0.29, 0.717) is 0 Å². The molecule has 78 valence electrons. The monoisotopic (exact) mass is 318 g/mol. The first-order valence-electron chi connectivity index (χ1n) is 5.35. The van der Waals surface area contributed by atoms with Gasteiger partial charge in [-0.15, -0.1) is 0 Å². The van der Waals surface area contributed by atoms with Crippen LogP contribution in [0.25, 0.3) is 21.5 Å². The molecule has 0 fully saturated rings. The lowest BCUT2D eigenvalue weighted by Crippen LogP contribution is -1.84. The van der Waals surface area contributed by atoms with E-state index in [1.54, 1.807) is 0 Å². The van der Waals surface area contributed by atoms with E-state index in [2.05, 4.69) is 77.2 Å². The van der Waals surface area contributed by atoms with Crippen LogP contribution < -0.4 is 0 Å². The fourth-order valence-electron chi connectivity index (χ4n) is 2.24. The molecule has 0 aliphatic rings. The molecule has 16 heavy (non-hydrogen) atoms. The van der Waals surface area contributed by atoms with Gasteiger partial charge in [-0.3, -0.25) is 0 Å². The van der Waals surface area contributed by atoms with Gasteiger partial charge >= 0.3 is 0 Å². The zero-order valence-corrected chi connectivity index (χ0v) is 10.9. The van der Waals surface area contributed by atoms with Crippen molar-refractivity contribution in [2.45, 2.75) is 4.43 Å². The molecule has 0 bridgehead atoms. The predicted octanol–water partition coefficient (Wildman–Crippen LogP) is 4.93. The molecule has 3 aromatic rings. The quantitative estimate of drug-likeness (QED) is 0.339. The zero-order chi connectivity index (χ0) is 11.0. The van der Waals surface area contributed by atoms with Crippen molar-refractivity contribution in [2.24, 2.45) is 0 Å². The van der Waals surface area contributed by atoms with Gasteiger partial charge in [0, 0.05) is 4.43 Å². The maximum absolute atomic E-state index is 2.43. The molecule has 0 amide bonds. The van der Waals surface area contributed by atoms with E-state index < -0.39 is 0 Å². The third-order valence-electron chi connectivity index (χ3n) is 3.00. The van der Waals surface area contributed by atoms with Gasteiger partial charge < -0.3 is 0 Å². The van der Waals surface area contributed by atoms with Crippen LogP contribution in [-0.2, 0) is 4.43 Å². The van der Waals surface area contributed by atoms with Crippen molar-refractivity contribution in [1.29, 1.82) is 0 Å². The Morgan fingerprint density at radius 1 is 0.750 bits per heavy atom.